The summed E-state index contributed by atoms with van der Waals surface area (Å²) in [6.07, 6.45) is 1.27. The number of sulfonamides is 1. The molecule has 0 unspecified atom stereocenters. The number of benzene rings is 1. The van der Waals surface area contributed by atoms with Crippen molar-refractivity contribution in [2.75, 3.05) is 4.72 Å². The standard InChI is InChI=1S/C17H26N4O2S/c1-10(2)13-7-14(11(3)4)16(15(8-13)12(5)6)24(22,23)21-17-18-9-19-20-17/h7-12H,1-6H3,(H2,18,19,20,21). The number of hydrogen-bond acceptors (Lipinski definition) is 4. The van der Waals surface area contributed by atoms with E-state index < -0.39 is 10.0 Å². The van der Waals surface area contributed by atoms with Gasteiger partial charge in [0.15, 0.2) is 0 Å². The number of anilines is 1. The average Bonchev–Trinajstić information content (AvgIpc) is 2.97. The van der Waals surface area contributed by atoms with Crippen LogP contribution in [0.4, 0.5) is 5.95 Å². The first kappa shape index (κ1) is 18.4. The summed E-state index contributed by atoms with van der Waals surface area (Å²) in [5.41, 5.74) is 2.81. The third-order valence-corrected chi connectivity index (χ3v) is 5.47. The van der Waals surface area contributed by atoms with Gasteiger partial charge in [-0.25, -0.2) is 18.2 Å². The van der Waals surface area contributed by atoms with Crippen LogP contribution in [0.1, 0.15) is 76.0 Å². The topological polar surface area (TPSA) is 87.7 Å². The maximum absolute atomic E-state index is 13.0. The Morgan fingerprint density at radius 2 is 1.50 bits per heavy atom. The highest BCUT2D eigenvalue weighted by molar-refractivity contribution is 7.92. The summed E-state index contributed by atoms with van der Waals surface area (Å²) < 4.78 is 28.6. The van der Waals surface area contributed by atoms with Crippen molar-refractivity contribution in [3.05, 3.63) is 35.2 Å². The average molecular weight is 350 g/mol. The fourth-order valence-corrected chi connectivity index (χ4v) is 4.30. The molecular formula is C17H26N4O2S. The highest BCUT2D eigenvalue weighted by atomic mass is 32.2. The Morgan fingerprint density at radius 3 is 1.88 bits per heavy atom. The second kappa shape index (κ2) is 6.93. The van der Waals surface area contributed by atoms with Crippen LogP contribution in [0, 0.1) is 0 Å². The molecule has 0 aliphatic rings. The lowest BCUT2D eigenvalue weighted by atomic mass is 9.89. The quantitative estimate of drug-likeness (QED) is 0.825. The third kappa shape index (κ3) is 3.77. The minimum atomic E-state index is -3.76. The third-order valence-electron chi connectivity index (χ3n) is 3.99. The fourth-order valence-electron chi connectivity index (χ4n) is 2.63. The van der Waals surface area contributed by atoms with Gasteiger partial charge in [-0.3, -0.25) is 0 Å². The largest absolute Gasteiger partial charge is 0.264 e. The number of hydrogen-bond donors (Lipinski definition) is 2. The monoisotopic (exact) mass is 350 g/mol. The summed E-state index contributed by atoms with van der Waals surface area (Å²) in [5, 5.41) is 6.23. The fraction of sp³-hybridized carbons (Fsp3) is 0.529. The molecule has 0 saturated heterocycles. The van der Waals surface area contributed by atoms with Gasteiger partial charge in [0.25, 0.3) is 10.0 Å². The van der Waals surface area contributed by atoms with Crippen molar-refractivity contribution in [2.45, 2.75) is 64.2 Å². The van der Waals surface area contributed by atoms with Crippen LogP contribution in [0.15, 0.2) is 23.4 Å². The van der Waals surface area contributed by atoms with E-state index in [-0.39, 0.29) is 17.8 Å². The first-order chi connectivity index (χ1) is 11.1. The van der Waals surface area contributed by atoms with Gasteiger partial charge in [0.05, 0.1) is 4.90 Å². The van der Waals surface area contributed by atoms with Crippen LogP contribution in [-0.2, 0) is 10.0 Å². The van der Waals surface area contributed by atoms with E-state index in [1.807, 2.05) is 39.8 Å². The molecule has 1 aromatic carbocycles. The summed E-state index contributed by atoms with van der Waals surface area (Å²) in [6.45, 7) is 12.3. The molecule has 6 nitrogen and oxygen atoms in total. The van der Waals surface area contributed by atoms with Gasteiger partial charge in [-0.15, -0.1) is 0 Å². The van der Waals surface area contributed by atoms with Gasteiger partial charge in [0.1, 0.15) is 6.33 Å². The van der Waals surface area contributed by atoms with Crippen LogP contribution in [-0.4, -0.2) is 23.6 Å². The van der Waals surface area contributed by atoms with Crippen LogP contribution < -0.4 is 4.72 Å². The van der Waals surface area contributed by atoms with Gasteiger partial charge >= 0.3 is 0 Å². The summed E-state index contributed by atoms with van der Waals surface area (Å²) in [5.74, 6) is 0.622. The van der Waals surface area contributed by atoms with E-state index in [1.54, 1.807) is 0 Å². The molecule has 2 aromatic rings. The van der Waals surface area contributed by atoms with E-state index in [1.165, 1.54) is 6.33 Å². The molecule has 1 heterocycles. The molecular weight excluding hydrogens is 324 g/mol. The Hall–Kier alpha value is -1.89. The predicted molar refractivity (Wildman–Crippen MR) is 95.9 cm³/mol. The van der Waals surface area contributed by atoms with Gasteiger partial charge in [0, 0.05) is 0 Å². The lowest BCUT2D eigenvalue weighted by Gasteiger charge is -2.22. The van der Waals surface area contributed by atoms with Crippen molar-refractivity contribution >= 4 is 16.0 Å². The van der Waals surface area contributed by atoms with Crippen molar-refractivity contribution in [2.24, 2.45) is 0 Å². The van der Waals surface area contributed by atoms with Crippen LogP contribution in [0.2, 0.25) is 0 Å². The molecule has 0 spiro atoms. The summed E-state index contributed by atoms with van der Waals surface area (Å²) >= 11 is 0. The van der Waals surface area contributed by atoms with E-state index in [4.69, 9.17) is 0 Å². The lowest BCUT2D eigenvalue weighted by Crippen LogP contribution is -2.19. The zero-order valence-corrected chi connectivity index (χ0v) is 15.9. The molecule has 0 saturated carbocycles. The first-order valence-corrected chi connectivity index (χ1v) is 9.67. The van der Waals surface area contributed by atoms with Crippen molar-refractivity contribution < 1.29 is 8.42 Å². The first-order valence-electron chi connectivity index (χ1n) is 8.19. The zero-order valence-electron chi connectivity index (χ0n) is 15.1. The molecule has 24 heavy (non-hydrogen) atoms. The molecule has 132 valence electrons. The lowest BCUT2D eigenvalue weighted by molar-refractivity contribution is 0.595. The molecule has 0 amide bonds. The van der Waals surface area contributed by atoms with Gasteiger partial charge in [-0.05, 0) is 34.4 Å². The van der Waals surface area contributed by atoms with E-state index in [9.17, 15) is 8.42 Å². The minimum Gasteiger partial charge on any atom is -0.248 e. The molecule has 0 radical (unpaired) electrons. The number of nitrogens with zero attached hydrogens (tertiary/aromatic N) is 2. The van der Waals surface area contributed by atoms with Crippen LogP contribution in [0.5, 0.6) is 0 Å². The molecule has 2 rings (SSSR count). The Balaban J connectivity index is 2.70. The van der Waals surface area contributed by atoms with Gasteiger partial charge in [-0.2, -0.15) is 10.1 Å². The number of nitrogens with one attached hydrogen (secondary N) is 2. The molecule has 0 fully saturated rings. The molecule has 0 aliphatic heterocycles. The molecule has 1 aromatic heterocycles. The maximum Gasteiger partial charge on any atom is 0.264 e. The van der Waals surface area contributed by atoms with Crippen molar-refractivity contribution in [1.29, 1.82) is 0 Å². The minimum absolute atomic E-state index is 0.0856. The predicted octanol–water partition coefficient (Wildman–Crippen LogP) is 3.98. The van der Waals surface area contributed by atoms with Crippen LogP contribution in [0.25, 0.3) is 0 Å². The highest BCUT2D eigenvalue weighted by Crippen LogP contribution is 2.35. The van der Waals surface area contributed by atoms with Crippen LogP contribution in [0.3, 0.4) is 0 Å². The molecule has 0 bridgehead atoms. The normalized spacial score (nSPS) is 12.4. The smallest absolute Gasteiger partial charge is 0.248 e. The SMILES string of the molecule is CC(C)c1cc(C(C)C)c(S(=O)(=O)Nc2ncn[nH]2)c(C(C)C)c1. The summed E-state index contributed by atoms with van der Waals surface area (Å²) in [4.78, 5) is 4.22. The molecule has 0 atom stereocenters. The van der Waals surface area contributed by atoms with Crippen molar-refractivity contribution in [3.8, 4) is 0 Å². The van der Waals surface area contributed by atoms with E-state index in [2.05, 4.69) is 33.8 Å². The molecule has 7 heteroatoms. The number of aromatic amines is 1. The summed E-state index contributed by atoms with van der Waals surface area (Å²) in [6, 6.07) is 4.02. The Bertz CT molecular complexity index is 765. The number of H-pyrrole nitrogens is 1. The Kier molecular flexibility index (Phi) is 5.32. The molecule has 0 aliphatic carbocycles. The number of rotatable bonds is 6. The Morgan fingerprint density at radius 1 is 0.958 bits per heavy atom. The molecule has 2 N–H and O–H groups in total. The van der Waals surface area contributed by atoms with Gasteiger partial charge in [0.2, 0.25) is 5.95 Å². The van der Waals surface area contributed by atoms with Crippen LogP contribution >= 0.6 is 0 Å². The summed E-state index contributed by atoms with van der Waals surface area (Å²) in [7, 11) is -3.76. The van der Waals surface area contributed by atoms with Crippen molar-refractivity contribution in [1.82, 2.24) is 15.2 Å². The second-order valence-corrected chi connectivity index (χ2v) is 8.55. The number of aromatic nitrogens is 3. The highest BCUT2D eigenvalue weighted by Gasteiger charge is 2.27. The second-order valence-electron chi connectivity index (χ2n) is 6.93. The van der Waals surface area contributed by atoms with Crippen molar-refractivity contribution in [3.63, 3.8) is 0 Å². The van der Waals surface area contributed by atoms with E-state index in [0.29, 0.717) is 10.8 Å². The van der Waals surface area contributed by atoms with Gasteiger partial charge < -0.3 is 0 Å². The zero-order chi connectivity index (χ0) is 18.1. The van der Waals surface area contributed by atoms with Gasteiger partial charge in [-0.1, -0.05) is 53.7 Å². The van der Waals surface area contributed by atoms with E-state index in [0.717, 1.165) is 16.7 Å². The Labute approximate surface area is 144 Å². The van der Waals surface area contributed by atoms with E-state index >= 15 is 0 Å². The maximum atomic E-state index is 13.0.